The topological polar surface area (TPSA) is 32.6 Å². The van der Waals surface area contributed by atoms with Gasteiger partial charge in [0.15, 0.2) is 0 Å². The van der Waals surface area contributed by atoms with Gasteiger partial charge in [0.05, 0.1) is 22.7 Å². The molecule has 0 saturated carbocycles. The van der Waals surface area contributed by atoms with E-state index in [1.807, 2.05) is 56.7 Å². The van der Waals surface area contributed by atoms with Crippen LogP contribution in [0.3, 0.4) is 0 Å². The molecule has 20 aromatic carbocycles. The van der Waals surface area contributed by atoms with Crippen molar-refractivity contribution in [2.45, 2.75) is 20.8 Å². The second-order valence-corrected chi connectivity index (χ2v) is 45.0. The molecule has 6 aromatic heterocycles. The lowest BCUT2D eigenvalue weighted by Crippen LogP contribution is -2.61. The van der Waals surface area contributed by atoms with Gasteiger partial charge >= 0.3 is 0 Å². The summed E-state index contributed by atoms with van der Waals surface area (Å²) in [5.74, 6) is 0. The van der Waals surface area contributed by atoms with Crippen LogP contribution < -0.4 is 77.4 Å². The Bertz CT molecular complexity index is 9860. The van der Waals surface area contributed by atoms with Gasteiger partial charge < -0.3 is 33.8 Å². The number of aryl methyl sites for hydroxylation is 3. The minimum atomic E-state index is -0.144. The lowest BCUT2D eigenvalue weighted by molar-refractivity contribution is 0.651. The van der Waals surface area contributed by atoms with E-state index in [9.17, 15) is 0 Å². The number of rotatable bonds is 11. The van der Waals surface area contributed by atoms with Crippen LogP contribution in [0.5, 0.6) is 0 Å². The quantitative estimate of drug-likeness (QED) is 0.119. The average Bonchev–Trinajstić information content (AvgIpc) is 1.44. The van der Waals surface area contributed by atoms with Crippen LogP contribution in [0.15, 0.2) is 489 Å². The Balaban J connectivity index is 0.000000104. The Morgan fingerprint density at radius 1 is 0.220 bits per heavy atom. The second-order valence-electron chi connectivity index (χ2n) is 39.8. The Hall–Kier alpha value is -17.3. The molecule has 12 heterocycles. The fraction of sp³-hybridized carbons (Fsp3) is 0.0222. The Labute approximate surface area is 891 Å². The molecule has 32 rings (SSSR count). The van der Waals surface area contributed by atoms with Crippen molar-refractivity contribution in [3.8, 4) is 53.6 Å². The van der Waals surface area contributed by atoms with E-state index in [0.717, 1.165) is 33.7 Å². The summed E-state index contributed by atoms with van der Waals surface area (Å²) in [5.41, 5.74) is 44.2. The summed E-state index contributed by atoms with van der Waals surface area (Å²) in [7, 11) is 0. The van der Waals surface area contributed by atoms with E-state index in [1.54, 1.807) is 0 Å². The molecule has 704 valence electrons. The van der Waals surface area contributed by atoms with Gasteiger partial charge in [-0.2, -0.15) is 11.3 Å². The number of thiophene rings is 5. The van der Waals surface area contributed by atoms with E-state index >= 15 is 0 Å². The minimum Gasteiger partial charge on any atom is -0.468 e. The highest BCUT2D eigenvalue weighted by atomic mass is 32.1. The van der Waals surface area contributed by atoms with Gasteiger partial charge in [0.25, 0.3) is 20.1 Å². The van der Waals surface area contributed by atoms with Crippen molar-refractivity contribution >= 4 is 289 Å². The fourth-order valence-electron chi connectivity index (χ4n) is 24.6. The lowest BCUT2D eigenvalue weighted by Gasteiger charge is -2.43. The number of hydrogen-bond acceptors (Lipinski definition) is 12. The SMILES string of the molecule is Cc1cc2c3c(c1)N(c1ccccc1)c1c(oc4cc5ccccc5cc14)B3c1cc3c(-c4ccccc4)c(-c4ccccc4)sc3cc1N2c1ccccc1.Cc1cc2c3c(c1)N(c1ccccc1)c1c(sc4ccccc14)B3c1cc3c(-c4ccccc4)c(-c4ccccc4)sc3cc1N2c1ccccc1.Cc1cc2c3c(c1)N(c1ccccc1)c1ccsc1B3c1cc3cc(-c4ccccc4)sc3cc1N2c1ccccc1. The summed E-state index contributed by atoms with van der Waals surface area (Å²) in [5, 5.41) is 10.9. The molecule has 6 aliphatic heterocycles. The molecule has 0 amide bonds. The number of anilines is 18. The molecular formula is C135H89B3N6OS5. The van der Waals surface area contributed by atoms with Crippen LogP contribution in [0.4, 0.5) is 102 Å². The van der Waals surface area contributed by atoms with E-state index in [2.05, 4.69) is 535 Å². The normalized spacial score (nSPS) is 13.0. The van der Waals surface area contributed by atoms with Crippen molar-refractivity contribution in [1.82, 2.24) is 0 Å². The summed E-state index contributed by atoms with van der Waals surface area (Å²) < 4.78 is 15.3. The first-order valence-corrected chi connectivity index (χ1v) is 55.5. The third kappa shape index (κ3) is 14.1. The molecule has 0 aliphatic carbocycles. The van der Waals surface area contributed by atoms with Crippen molar-refractivity contribution in [2.24, 2.45) is 0 Å². The van der Waals surface area contributed by atoms with Crippen molar-refractivity contribution in [2.75, 3.05) is 29.4 Å². The third-order valence-electron chi connectivity index (χ3n) is 30.8. The van der Waals surface area contributed by atoms with Gasteiger partial charge in [0, 0.05) is 161 Å². The van der Waals surface area contributed by atoms with Crippen LogP contribution >= 0.6 is 56.7 Å². The van der Waals surface area contributed by atoms with Gasteiger partial charge in [-0.1, -0.05) is 322 Å². The van der Waals surface area contributed by atoms with Crippen LogP contribution in [0, 0.1) is 20.8 Å². The van der Waals surface area contributed by atoms with Gasteiger partial charge in [-0.3, -0.25) is 0 Å². The van der Waals surface area contributed by atoms with Crippen molar-refractivity contribution < 1.29 is 4.42 Å². The molecular weight excluding hydrogens is 1910 g/mol. The summed E-state index contributed by atoms with van der Waals surface area (Å²) in [6.45, 7) is 6.80. The van der Waals surface area contributed by atoms with Crippen LogP contribution in [-0.4, -0.2) is 20.1 Å². The van der Waals surface area contributed by atoms with Crippen LogP contribution in [0.25, 0.3) is 116 Å². The van der Waals surface area contributed by atoms with Gasteiger partial charge in [0.2, 0.25) is 0 Å². The lowest BCUT2D eigenvalue weighted by atomic mass is 9.35. The van der Waals surface area contributed by atoms with Crippen LogP contribution in [0.2, 0.25) is 0 Å². The van der Waals surface area contributed by atoms with Crippen molar-refractivity contribution in [3.63, 3.8) is 0 Å². The number of para-hydroxylation sites is 6. The maximum absolute atomic E-state index is 7.27. The second kappa shape index (κ2) is 35.5. The zero-order chi connectivity index (χ0) is 99.0. The Kier molecular flexibility index (Phi) is 20.9. The molecule has 0 bridgehead atoms. The Morgan fingerprint density at radius 2 is 0.567 bits per heavy atom. The fourth-order valence-corrected chi connectivity index (χ4v) is 30.5. The molecule has 15 heteroatoms. The molecule has 150 heavy (non-hydrogen) atoms. The zero-order valence-electron chi connectivity index (χ0n) is 82.1. The largest absolute Gasteiger partial charge is 0.468 e. The molecule has 0 fully saturated rings. The van der Waals surface area contributed by atoms with Crippen molar-refractivity contribution in [1.29, 1.82) is 0 Å². The van der Waals surface area contributed by atoms with Gasteiger partial charge in [-0.15, -0.1) is 45.3 Å². The van der Waals surface area contributed by atoms with E-state index in [0.29, 0.717) is 0 Å². The molecule has 26 aromatic rings. The van der Waals surface area contributed by atoms with Crippen LogP contribution in [0.1, 0.15) is 16.7 Å². The number of nitrogens with zero attached hydrogens (tertiary/aromatic N) is 6. The predicted molar refractivity (Wildman–Crippen MR) is 649 cm³/mol. The van der Waals surface area contributed by atoms with Gasteiger partial charge in [-0.05, 0) is 277 Å². The molecule has 0 unspecified atom stereocenters. The first-order valence-electron chi connectivity index (χ1n) is 51.3. The predicted octanol–water partition coefficient (Wildman–Crippen LogP) is 33.4. The number of benzene rings is 20. The van der Waals surface area contributed by atoms with E-state index in [1.165, 1.54) is 249 Å². The maximum Gasteiger partial charge on any atom is 0.297 e. The third-order valence-corrected chi connectivity index (χ3v) is 36.5. The molecule has 0 saturated heterocycles. The standard InChI is InChI=1S/C51H33BN2OS.C47H31BN2S2.C37H25BN2S2/c1-32-26-43-48-44(27-32)54(38-24-12-5-13-25-38)49-39-28-35-20-14-15-21-36(35)29-45(39)55-51(49)52(48)41-30-40-46(31-42(41)53(43)37-22-10-4-11-23-37)56-50(34-18-8-3-9-19-34)47(40)33-16-6-2-7-17-33;1-30-26-39-44-40(27-30)50(34-22-12-5-13-23-34)45-35-24-14-15-25-41(35)52-47(45)48(44)37-28-36-42(29-38(37)49(39)33-20-10-4-11-21-33)51-46(32-18-8-3-9-19-32)43(36)31-16-6-2-7-17-31;1-24-19-32-36-33(20-24)40(28-15-9-4-10-16-28)31-23-35-26(22-34(42-35)25-11-5-2-6-12-25)21-29(31)38(36)37-30(17-18-41-37)39(32)27-13-7-3-8-14-27/h2-31H,1H3;2-29H,1H3;2-23H,1H3. The molecule has 0 radical (unpaired) electrons. The van der Waals surface area contributed by atoms with Crippen LogP contribution in [-0.2, 0) is 0 Å². The molecule has 0 spiro atoms. The monoisotopic (exact) mass is 2000 g/mol. The summed E-state index contributed by atoms with van der Waals surface area (Å²) in [6, 6.07) is 176. The van der Waals surface area contributed by atoms with E-state index < -0.39 is 0 Å². The zero-order valence-corrected chi connectivity index (χ0v) is 86.1. The van der Waals surface area contributed by atoms with Gasteiger partial charge in [0.1, 0.15) is 5.58 Å². The van der Waals surface area contributed by atoms with E-state index in [4.69, 9.17) is 4.42 Å². The summed E-state index contributed by atoms with van der Waals surface area (Å²) in [6.07, 6.45) is 0. The Morgan fingerprint density at radius 3 is 1.02 bits per heavy atom. The maximum atomic E-state index is 7.27. The molecule has 0 N–H and O–H groups in total. The number of furan rings is 1. The number of hydrogen-bond donors (Lipinski definition) is 0. The first kappa shape index (κ1) is 88.1. The highest BCUT2D eigenvalue weighted by molar-refractivity contribution is 7.34. The number of fused-ring (bicyclic) bond motifs is 20. The highest BCUT2D eigenvalue weighted by Gasteiger charge is 2.51. The molecule has 7 nitrogen and oxygen atoms in total. The minimum absolute atomic E-state index is 0.0704. The first-order chi connectivity index (χ1) is 74.2. The molecule has 6 aliphatic rings. The van der Waals surface area contributed by atoms with Gasteiger partial charge in [-0.25, -0.2) is 0 Å². The summed E-state index contributed by atoms with van der Waals surface area (Å²) in [4.78, 5) is 18.9. The van der Waals surface area contributed by atoms with E-state index in [-0.39, 0.29) is 20.1 Å². The highest BCUT2D eigenvalue weighted by Crippen LogP contribution is 2.57. The summed E-state index contributed by atoms with van der Waals surface area (Å²) >= 11 is 9.50. The van der Waals surface area contributed by atoms with Crippen molar-refractivity contribution in [3.05, 3.63) is 501 Å². The molecule has 0 atom stereocenters. The smallest absolute Gasteiger partial charge is 0.297 e. The average molecular weight is 2000 g/mol.